The zero-order valence-corrected chi connectivity index (χ0v) is 8.51. The molecule has 0 heterocycles. The summed E-state index contributed by atoms with van der Waals surface area (Å²) < 4.78 is 0. The van der Waals surface area contributed by atoms with Crippen LogP contribution in [0.1, 0.15) is 34.2 Å². The Morgan fingerprint density at radius 3 is 2.93 bits per heavy atom. The molecule has 2 aliphatic rings. The van der Waals surface area contributed by atoms with Crippen molar-refractivity contribution >= 4 is 12.2 Å². The summed E-state index contributed by atoms with van der Waals surface area (Å²) in [7, 11) is 0. The van der Waals surface area contributed by atoms with E-state index >= 15 is 0 Å². The van der Waals surface area contributed by atoms with Crippen molar-refractivity contribution in [1.82, 2.24) is 0 Å². The summed E-state index contributed by atoms with van der Waals surface area (Å²) in [6.45, 7) is 2.22. The van der Waals surface area contributed by atoms with Gasteiger partial charge < -0.3 is 0 Å². The van der Waals surface area contributed by atoms with Crippen LogP contribution in [-0.4, -0.2) is 0 Å². The Kier molecular flexibility index (Phi) is 1.63. The standard InChI is InChI=1S/C14H14/c1-10-9-11-5-4-8-13(11)14-7-3-2-6-12(10)14/h2,4-6,9H,3,7-8H2,1H3. The van der Waals surface area contributed by atoms with Crippen LogP contribution in [0.4, 0.5) is 0 Å². The molecular weight excluding hydrogens is 168 g/mol. The normalized spacial score (nSPS) is 16.9. The van der Waals surface area contributed by atoms with E-state index in [1.54, 1.807) is 11.1 Å². The van der Waals surface area contributed by atoms with Gasteiger partial charge in [-0.3, -0.25) is 0 Å². The number of hydrogen-bond acceptors (Lipinski definition) is 0. The molecule has 0 amide bonds. The number of fused-ring (bicyclic) bond motifs is 3. The first-order chi connectivity index (χ1) is 6.86. The molecule has 0 bridgehead atoms. The topological polar surface area (TPSA) is 0 Å². The number of aryl methyl sites for hydroxylation is 1. The van der Waals surface area contributed by atoms with Gasteiger partial charge in [0, 0.05) is 0 Å². The molecule has 0 saturated heterocycles. The summed E-state index contributed by atoms with van der Waals surface area (Å²) in [5.41, 5.74) is 7.55. The SMILES string of the molecule is Cc1cc2c(c3c1C=CCC3)CC=C2. The van der Waals surface area contributed by atoms with Crippen molar-refractivity contribution in [3.63, 3.8) is 0 Å². The summed E-state index contributed by atoms with van der Waals surface area (Å²) in [4.78, 5) is 0. The second-order valence-corrected chi connectivity index (χ2v) is 4.20. The molecule has 0 aromatic heterocycles. The lowest BCUT2D eigenvalue weighted by molar-refractivity contribution is 0.957. The van der Waals surface area contributed by atoms with Crippen LogP contribution in [0.15, 0.2) is 18.2 Å². The minimum atomic E-state index is 1.14. The second-order valence-electron chi connectivity index (χ2n) is 4.20. The van der Waals surface area contributed by atoms with E-state index in [1.807, 2.05) is 0 Å². The van der Waals surface area contributed by atoms with Crippen LogP contribution < -0.4 is 0 Å². The van der Waals surface area contributed by atoms with Crippen LogP contribution >= 0.6 is 0 Å². The van der Waals surface area contributed by atoms with Crippen LogP contribution in [-0.2, 0) is 12.8 Å². The first-order valence-corrected chi connectivity index (χ1v) is 5.34. The molecule has 2 aliphatic carbocycles. The Balaban J connectivity index is 2.31. The molecule has 1 aromatic carbocycles. The van der Waals surface area contributed by atoms with E-state index in [0.29, 0.717) is 0 Å². The average Bonchev–Trinajstić information content (AvgIpc) is 2.66. The average molecular weight is 182 g/mol. The maximum absolute atomic E-state index is 2.33. The first-order valence-electron chi connectivity index (χ1n) is 5.34. The number of benzene rings is 1. The van der Waals surface area contributed by atoms with Crippen molar-refractivity contribution < 1.29 is 0 Å². The van der Waals surface area contributed by atoms with E-state index < -0.39 is 0 Å². The third-order valence-corrected chi connectivity index (χ3v) is 3.30. The summed E-state index contributed by atoms with van der Waals surface area (Å²) in [5.74, 6) is 0. The fourth-order valence-corrected chi connectivity index (χ4v) is 2.61. The number of hydrogen-bond donors (Lipinski definition) is 0. The Bertz CT molecular complexity index is 448. The fourth-order valence-electron chi connectivity index (χ4n) is 2.61. The molecule has 0 spiro atoms. The first kappa shape index (κ1) is 8.05. The molecule has 0 N–H and O–H groups in total. The summed E-state index contributed by atoms with van der Waals surface area (Å²) >= 11 is 0. The van der Waals surface area contributed by atoms with Crippen LogP contribution in [0.2, 0.25) is 0 Å². The predicted molar refractivity (Wildman–Crippen MR) is 61.3 cm³/mol. The van der Waals surface area contributed by atoms with E-state index in [0.717, 1.165) is 6.42 Å². The van der Waals surface area contributed by atoms with E-state index in [4.69, 9.17) is 0 Å². The highest BCUT2D eigenvalue weighted by molar-refractivity contribution is 5.71. The summed E-state index contributed by atoms with van der Waals surface area (Å²) in [5, 5.41) is 0. The lowest BCUT2D eigenvalue weighted by atomic mass is 9.87. The van der Waals surface area contributed by atoms with Crippen LogP contribution in [0, 0.1) is 6.92 Å². The molecule has 14 heavy (non-hydrogen) atoms. The molecule has 0 fully saturated rings. The van der Waals surface area contributed by atoms with Crippen molar-refractivity contribution in [2.75, 3.05) is 0 Å². The monoisotopic (exact) mass is 182 g/mol. The van der Waals surface area contributed by atoms with Gasteiger partial charge in [-0.05, 0) is 54.0 Å². The third-order valence-electron chi connectivity index (χ3n) is 3.30. The molecule has 70 valence electrons. The molecule has 3 rings (SSSR count). The Hall–Kier alpha value is -1.30. The molecule has 0 aliphatic heterocycles. The lowest BCUT2D eigenvalue weighted by Crippen LogP contribution is -2.02. The second kappa shape index (κ2) is 2.84. The molecule has 1 aromatic rings. The molecule has 0 radical (unpaired) electrons. The van der Waals surface area contributed by atoms with Gasteiger partial charge in [0.25, 0.3) is 0 Å². The minimum Gasteiger partial charge on any atom is -0.0836 e. The Morgan fingerprint density at radius 1 is 1.07 bits per heavy atom. The third kappa shape index (κ3) is 1.00. The lowest BCUT2D eigenvalue weighted by Gasteiger charge is -2.17. The van der Waals surface area contributed by atoms with Gasteiger partial charge in [0.1, 0.15) is 0 Å². The Morgan fingerprint density at radius 2 is 2.00 bits per heavy atom. The van der Waals surface area contributed by atoms with E-state index in [2.05, 4.69) is 37.3 Å². The molecule has 0 atom stereocenters. The molecule has 0 nitrogen and oxygen atoms in total. The number of rotatable bonds is 0. The van der Waals surface area contributed by atoms with Gasteiger partial charge in [0.15, 0.2) is 0 Å². The molecule has 0 heteroatoms. The predicted octanol–water partition coefficient (Wildman–Crippen LogP) is 3.52. The van der Waals surface area contributed by atoms with Gasteiger partial charge >= 0.3 is 0 Å². The highest BCUT2D eigenvalue weighted by Gasteiger charge is 2.16. The largest absolute Gasteiger partial charge is 0.0836 e. The van der Waals surface area contributed by atoms with Gasteiger partial charge in [0.05, 0.1) is 0 Å². The Labute approximate surface area is 85.0 Å². The zero-order valence-electron chi connectivity index (χ0n) is 8.51. The van der Waals surface area contributed by atoms with Gasteiger partial charge in [-0.15, -0.1) is 0 Å². The van der Waals surface area contributed by atoms with Gasteiger partial charge in [-0.25, -0.2) is 0 Å². The van der Waals surface area contributed by atoms with Crippen LogP contribution in [0.5, 0.6) is 0 Å². The van der Waals surface area contributed by atoms with E-state index in [9.17, 15) is 0 Å². The molecule has 0 unspecified atom stereocenters. The zero-order chi connectivity index (χ0) is 9.54. The van der Waals surface area contributed by atoms with Crippen molar-refractivity contribution in [1.29, 1.82) is 0 Å². The quantitative estimate of drug-likeness (QED) is 0.576. The van der Waals surface area contributed by atoms with Crippen molar-refractivity contribution in [2.45, 2.75) is 26.2 Å². The minimum absolute atomic E-state index is 1.14. The highest BCUT2D eigenvalue weighted by atomic mass is 14.2. The van der Waals surface area contributed by atoms with E-state index in [1.165, 1.54) is 29.5 Å². The fraction of sp³-hybridized carbons (Fsp3) is 0.286. The molecular formula is C14H14. The number of allylic oxidation sites excluding steroid dienone is 2. The van der Waals surface area contributed by atoms with Crippen molar-refractivity contribution in [2.24, 2.45) is 0 Å². The summed E-state index contributed by atoms with van der Waals surface area (Å²) in [6, 6.07) is 2.33. The van der Waals surface area contributed by atoms with Crippen molar-refractivity contribution in [3.05, 3.63) is 46.0 Å². The van der Waals surface area contributed by atoms with Crippen LogP contribution in [0.25, 0.3) is 12.2 Å². The maximum Gasteiger partial charge on any atom is -0.00852 e. The van der Waals surface area contributed by atoms with Gasteiger partial charge in [0.2, 0.25) is 0 Å². The summed E-state index contributed by atoms with van der Waals surface area (Å²) in [6.07, 6.45) is 12.7. The van der Waals surface area contributed by atoms with Crippen molar-refractivity contribution in [3.8, 4) is 0 Å². The van der Waals surface area contributed by atoms with Gasteiger partial charge in [-0.2, -0.15) is 0 Å². The van der Waals surface area contributed by atoms with Gasteiger partial charge in [-0.1, -0.05) is 30.4 Å². The van der Waals surface area contributed by atoms with E-state index in [-0.39, 0.29) is 0 Å². The van der Waals surface area contributed by atoms with Crippen LogP contribution in [0.3, 0.4) is 0 Å². The smallest absolute Gasteiger partial charge is 0.00852 e. The molecule has 0 saturated carbocycles. The highest BCUT2D eigenvalue weighted by Crippen LogP contribution is 2.32. The maximum atomic E-state index is 2.33.